The number of hydrogen-bond donors (Lipinski definition) is 2. The van der Waals surface area contributed by atoms with Gasteiger partial charge in [0, 0.05) is 44.8 Å². The van der Waals surface area contributed by atoms with Crippen LogP contribution in [0.4, 0.5) is 0 Å². The number of carbonyl (C=O) groups is 2. The summed E-state index contributed by atoms with van der Waals surface area (Å²) in [6.07, 6.45) is 2.40. The number of nitrogens with one attached hydrogen (secondary N) is 1. The normalized spacial score (nSPS) is 34.9. The van der Waals surface area contributed by atoms with Gasteiger partial charge in [-0.2, -0.15) is 0 Å². The predicted octanol–water partition coefficient (Wildman–Crippen LogP) is 0.0981. The molecule has 21 heavy (non-hydrogen) atoms. The molecule has 0 aromatic carbocycles. The van der Waals surface area contributed by atoms with Crippen molar-refractivity contribution in [2.45, 2.75) is 49.1 Å². The van der Waals surface area contributed by atoms with Gasteiger partial charge in [0.1, 0.15) is 6.04 Å². The van der Waals surface area contributed by atoms with E-state index < -0.39 is 11.6 Å². The summed E-state index contributed by atoms with van der Waals surface area (Å²) < 4.78 is 5.23. The van der Waals surface area contributed by atoms with E-state index in [1.807, 2.05) is 6.92 Å². The third-order valence-corrected chi connectivity index (χ3v) is 6.27. The monoisotopic (exact) mass is 314 g/mol. The molecule has 0 aromatic heterocycles. The van der Waals surface area contributed by atoms with Crippen LogP contribution < -0.4 is 5.32 Å². The van der Waals surface area contributed by atoms with E-state index in [1.54, 1.807) is 16.7 Å². The van der Waals surface area contributed by atoms with Crippen molar-refractivity contribution in [3.63, 3.8) is 0 Å². The molecule has 3 fully saturated rings. The lowest BCUT2D eigenvalue weighted by Crippen LogP contribution is -2.53. The topological polar surface area (TPSA) is 78.9 Å². The molecule has 0 bridgehead atoms. The predicted molar refractivity (Wildman–Crippen MR) is 78.7 cm³/mol. The quantitative estimate of drug-likeness (QED) is 0.772. The molecule has 0 aliphatic carbocycles. The zero-order valence-electron chi connectivity index (χ0n) is 12.3. The Morgan fingerprint density at radius 2 is 2.19 bits per heavy atom. The molecule has 3 rings (SSSR count). The van der Waals surface area contributed by atoms with Gasteiger partial charge in [0.25, 0.3) is 0 Å². The molecule has 3 heterocycles. The SMILES string of the molecule is CC12CCC(=O)N1C(C(=O)NCC1(O)CCOCC1)CS2. The van der Waals surface area contributed by atoms with Crippen molar-refractivity contribution in [2.24, 2.45) is 0 Å². The van der Waals surface area contributed by atoms with Gasteiger partial charge in [0.2, 0.25) is 11.8 Å². The first-order valence-electron chi connectivity index (χ1n) is 7.48. The lowest BCUT2D eigenvalue weighted by molar-refractivity contribution is -0.138. The second-order valence-corrected chi connectivity index (χ2v) is 7.82. The summed E-state index contributed by atoms with van der Waals surface area (Å²) >= 11 is 1.68. The van der Waals surface area contributed by atoms with Gasteiger partial charge in [-0.15, -0.1) is 11.8 Å². The lowest BCUT2D eigenvalue weighted by Gasteiger charge is -2.33. The molecule has 7 heteroatoms. The number of hydrogen-bond acceptors (Lipinski definition) is 5. The standard InChI is InChI=1S/C14H22N2O4S/c1-13-3-2-11(17)16(13)10(8-21-13)12(18)15-9-14(19)4-6-20-7-5-14/h10,19H,2-9H2,1H3,(H,15,18). The minimum atomic E-state index is -0.877. The fourth-order valence-electron chi connectivity index (χ4n) is 3.31. The van der Waals surface area contributed by atoms with Gasteiger partial charge in [-0.05, 0) is 13.3 Å². The first-order chi connectivity index (χ1) is 9.94. The van der Waals surface area contributed by atoms with Crippen molar-refractivity contribution in [3.8, 4) is 0 Å². The number of ether oxygens (including phenoxy) is 1. The van der Waals surface area contributed by atoms with E-state index in [9.17, 15) is 14.7 Å². The Hall–Kier alpha value is -0.790. The number of fused-ring (bicyclic) bond motifs is 1. The molecule has 0 aromatic rings. The Bertz CT molecular complexity index is 452. The minimum Gasteiger partial charge on any atom is -0.388 e. The second kappa shape index (κ2) is 5.44. The van der Waals surface area contributed by atoms with Crippen molar-refractivity contribution in [1.29, 1.82) is 0 Å². The Morgan fingerprint density at radius 3 is 2.90 bits per heavy atom. The molecule has 0 radical (unpaired) electrons. The molecule has 6 nitrogen and oxygen atoms in total. The van der Waals surface area contributed by atoms with Crippen molar-refractivity contribution >= 4 is 23.6 Å². The third-order valence-electron chi connectivity index (χ3n) is 4.76. The lowest BCUT2D eigenvalue weighted by atomic mass is 9.94. The van der Waals surface area contributed by atoms with E-state index in [0.717, 1.165) is 6.42 Å². The average Bonchev–Trinajstić information content (AvgIpc) is 2.95. The zero-order chi connectivity index (χ0) is 15.1. The number of rotatable bonds is 3. The Kier molecular flexibility index (Phi) is 3.92. The van der Waals surface area contributed by atoms with E-state index in [0.29, 0.717) is 38.2 Å². The summed E-state index contributed by atoms with van der Waals surface area (Å²) in [6.45, 7) is 3.31. The molecule has 118 valence electrons. The van der Waals surface area contributed by atoms with E-state index in [2.05, 4.69) is 5.32 Å². The van der Waals surface area contributed by atoms with E-state index in [1.165, 1.54) is 0 Å². The first kappa shape index (κ1) is 15.1. The van der Waals surface area contributed by atoms with E-state index in [-0.39, 0.29) is 23.2 Å². The van der Waals surface area contributed by atoms with Crippen molar-refractivity contribution in [2.75, 3.05) is 25.5 Å². The summed E-state index contributed by atoms with van der Waals surface area (Å²) in [5, 5.41) is 13.2. The smallest absolute Gasteiger partial charge is 0.243 e. The molecule has 2 atom stereocenters. The van der Waals surface area contributed by atoms with Crippen LogP contribution in [0.1, 0.15) is 32.6 Å². The van der Waals surface area contributed by atoms with Gasteiger partial charge in [-0.25, -0.2) is 0 Å². The summed E-state index contributed by atoms with van der Waals surface area (Å²) in [4.78, 5) is 25.9. The second-order valence-electron chi connectivity index (χ2n) is 6.32. The van der Waals surface area contributed by atoms with Crippen LogP contribution in [0.5, 0.6) is 0 Å². The van der Waals surface area contributed by atoms with E-state index in [4.69, 9.17) is 4.74 Å². The van der Waals surface area contributed by atoms with Gasteiger partial charge in [0.15, 0.2) is 0 Å². The van der Waals surface area contributed by atoms with Gasteiger partial charge < -0.3 is 20.1 Å². The van der Waals surface area contributed by atoms with Crippen LogP contribution in [0.3, 0.4) is 0 Å². The van der Waals surface area contributed by atoms with Crippen LogP contribution in [0, 0.1) is 0 Å². The zero-order valence-corrected chi connectivity index (χ0v) is 13.1. The molecule has 0 saturated carbocycles. The van der Waals surface area contributed by atoms with Crippen molar-refractivity contribution in [3.05, 3.63) is 0 Å². The molecular weight excluding hydrogens is 292 g/mol. The average molecular weight is 314 g/mol. The largest absolute Gasteiger partial charge is 0.388 e. The molecule has 2 N–H and O–H groups in total. The Labute approximate surface area is 128 Å². The summed E-state index contributed by atoms with van der Waals surface area (Å²) in [5.41, 5.74) is -0.877. The van der Waals surface area contributed by atoms with Crippen LogP contribution in [0.2, 0.25) is 0 Å². The Balaban J connectivity index is 1.60. The number of amides is 2. The highest BCUT2D eigenvalue weighted by Crippen LogP contribution is 2.47. The van der Waals surface area contributed by atoms with Crippen LogP contribution in [-0.2, 0) is 14.3 Å². The molecule has 3 aliphatic heterocycles. The molecule has 3 aliphatic rings. The molecule has 2 unspecified atom stereocenters. The fourth-order valence-corrected chi connectivity index (χ4v) is 4.74. The number of thioether (sulfide) groups is 1. The maximum absolute atomic E-state index is 12.4. The fraction of sp³-hybridized carbons (Fsp3) is 0.857. The highest BCUT2D eigenvalue weighted by atomic mass is 32.2. The minimum absolute atomic E-state index is 0.0624. The van der Waals surface area contributed by atoms with Crippen LogP contribution >= 0.6 is 11.8 Å². The van der Waals surface area contributed by atoms with Gasteiger partial charge in [-0.3, -0.25) is 9.59 Å². The maximum Gasteiger partial charge on any atom is 0.243 e. The first-order valence-corrected chi connectivity index (χ1v) is 8.46. The number of aliphatic hydroxyl groups is 1. The van der Waals surface area contributed by atoms with Crippen LogP contribution in [0.15, 0.2) is 0 Å². The number of carbonyl (C=O) groups excluding carboxylic acids is 2. The van der Waals surface area contributed by atoms with Crippen LogP contribution in [-0.4, -0.2) is 63.8 Å². The molecule has 0 spiro atoms. The van der Waals surface area contributed by atoms with Crippen molar-refractivity contribution in [1.82, 2.24) is 10.2 Å². The highest BCUT2D eigenvalue weighted by molar-refractivity contribution is 8.01. The highest BCUT2D eigenvalue weighted by Gasteiger charge is 2.53. The summed E-state index contributed by atoms with van der Waals surface area (Å²) in [6, 6.07) is -0.404. The molecular formula is C14H22N2O4S. The third kappa shape index (κ3) is 2.78. The van der Waals surface area contributed by atoms with Gasteiger partial charge in [0.05, 0.1) is 10.5 Å². The van der Waals surface area contributed by atoms with Crippen molar-refractivity contribution < 1.29 is 19.4 Å². The number of nitrogens with zero attached hydrogens (tertiary/aromatic N) is 1. The summed E-state index contributed by atoms with van der Waals surface area (Å²) in [7, 11) is 0. The molecule has 3 saturated heterocycles. The van der Waals surface area contributed by atoms with Gasteiger partial charge in [-0.1, -0.05) is 0 Å². The Morgan fingerprint density at radius 1 is 1.48 bits per heavy atom. The maximum atomic E-state index is 12.4. The van der Waals surface area contributed by atoms with Gasteiger partial charge >= 0.3 is 0 Å². The van der Waals surface area contributed by atoms with E-state index >= 15 is 0 Å². The summed E-state index contributed by atoms with van der Waals surface area (Å²) in [5.74, 6) is 0.545. The van der Waals surface area contributed by atoms with Crippen LogP contribution in [0.25, 0.3) is 0 Å². The molecule has 2 amide bonds.